The first-order valence-corrected chi connectivity index (χ1v) is 7.61. The van der Waals surface area contributed by atoms with Gasteiger partial charge in [-0.2, -0.15) is 0 Å². The van der Waals surface area contributed by atoms with E-state index in [2.05, 4.69) is 21.2 Å². The van der Waals surface area contributed by atoms with Gasteiger partial charge in [0.2, 0.25) is 5.91 Å². The molecule has 1 N–H and O–H groups in total. The molecule has 0 radical (unpaired) electrons. The number of hydrogen-bond acceptors (Lipinski definition) is 1. The van der Waals surface area contributed by atoms with Crippen LogP contribution >= 0.6 is 27.5 Å². The second kappa shape index (κ2) is 5.23. The minimum Gasteiger partial charge on any atom is -0.325 e. The summed E-state index contributed by atoms with van der Waals surface area (Å²) in [4.78, 5) is 12.5. The van der Waals surface area contributed by atoms with Crippen LogP contribution in [0.15, 0.2) is 53.0 Å². The van der Waals surface area contributed by atoms with Crippen molar-refractivity contribution in [2.75, 3.05) is 5.32 Å². The van der Waals surface area contributed by atoms with Gasteiger partial charge in [0.15, 0.2) is 0 Å². The number of anilines is 1. The second-order valence-electron chi connectivity index (χ2n) is 5.03. The Kier molecular flexibility index (Phi) is 3.57. The summed E-state index contributed by atoms with van der Waals surface area (Å²) in [6.07, 6.45) is 1.80. The predicted octanol–water partition coefficient (Wildman–Crippen LogP) is 4.77. The molecule has 4 heteroatoms. The molecular formula is C16H13BrClNO. The van der Waals surface area contributed by atoms with E-state index in [1.807, 2.05) is 42.5 Å². The first-order chi connectivity index (χ1) is 9.62. The molecule has 1 aliphatic rings. The lowest BCUT2D eigenvalue weighted by Gasteiger charge is -2.16. The van der Waals surface area contributed by atoms with Crippen molar-refractivity contribution in [1.29, 1.82) is 0 Å². The number of rotatable bonds is 3. The van der Waals surface area contributed by atoms with Gasteiger partial charge >= 0.3 is 0 Å². The maximum absolute atomic E-state index is 12.5. The van der Waals surface area contributed by atoms with Crippen molar-refractivity contribution in [3.8, 4) is 0 Å². The van der Waals surface area contributed by atoms with E-state index < -0.39 is 0 Å². The topological polar surface area (TPSA) is 29.1 Å². The molecule has 0 unspecified atom stereocenters. The van der Waals surface area contributed by atoms with Gasteiger partial charge in [-0.25, -0.2) is 0 Å². The Morgan fingerprint density at radius 1 is 1.15 bits per heavy atom. The van der Waals surface area contributed by atoms with E-state index >= 15 is 0 Å². The number of carbonyl (C=O) groups is 1. The number of nitrogens with one attached hydrogen (secondary N) is 1. The molecule has 3 rings (SSSR count). The SMILES string of the molecule is O=C(Nc1ccc(Cl)c(Br)c1)C1(c2ccccc2)CC1. The zero-order valence-electron chi connectivity index (χ0n) is 10.7. The molecule has 2 aromatic rings. The largest absolute Gasteiger partial charge is 0.325 e. The third kappa shape index (κ3) is 2.48. The third-order valence-corrected chi connectivity index (χ3v) is 4.90. The van der Waals surface area contributed by atoms with Crippen LogP contribution in [0.3, 0.4) is 0 Å². The quantitative estimate of drug-likeness (QED) is 0.848. The summed E-state index contributed by atoms with van der Waals surface area (Å²) in [6.45, 7) is 0. The highest BCUT2D eigenvalue weighted by molar-refractivity contribution is 9.10. The highest BCUT2D eigenvalue weighted by atomic mass is 79.9. The number of hydrogen-bond donors (Lipinski definition) is 1. The normalized spacial score (nSPS) is 15.7. The summed E-state index contributed by atoms with van der Waals surface area (Å²) in [7, 11) is 0. The molecule has 102 valence electrons. The van der Waals surface area contributed by atoms with Gasteiger partial charge in [-0.15, -0.1) is 0 Å². The van der Waals surface area contributed by atoms with Crippen LogP contribution in [-0.2, 0) is 10.2 Å². The van der Waals surface area contributed by atoms with Crippen LogP contribution in [-0.4, -0.2) is 5.91 Å². The van der Waals surface area contributed by atoms with Crippen molar-refractivity contribution >= 4 is 39.1 Å². The summed E-state index contributed by atoms with van der Waals surface area (Å²) in [5.41, 5.74) is 1.49. The Morgan fingerprint density at radius 2 is 1.85 bits per heavy atom. The van der Waals surface area contributed by atoms with Crippen molar-refractivity contribution < 1.29 is 4.79 Å². The Hall–Kier alpha value is -1.32. The van der Waals surface area contributed by atoms with Crippen LogP contribution in [0.2, 0.25) is 5.02 Å². The Morgan fingerprint density at radius 3 is 2.45 bits per heavy atom. The van der Waals surface area contributed by atoms with Crippen LogP contribution in [0.25, 0.3) is 0 Å². The van der Waals surface area contributed by atoms with Gasteiger partial charge in [-0.3, -0.25) is 4.79 Å². The van der Waals surface area contributed by atoms with Gasteiger partial charge in [0.05, 0.1) is 10.4 Å². The Labute approximate surface area is 131 Å². The molecule has 1 saturated carbocycles. The summed E-state index contributed by atoms with van der Waals surface area (Å²) in [5.74, 6) is 0.0536. The Balaban J connectivity index is 1.81. The molecule has 1 amide bonds. The van der Waals surface area contributed by atoms with Crippen molar-refractivity contribution in [3.05, 3.63) is 63.6 Å². The van der Waals surface area contributed by atoms with E-state index in [0.717, 1.165) is 28.6 Å². The lowest BCUT2D eigenvalue weighted by atomic mass is 9.95. The lowest BCUT2D eigenvalue weighted by molar-refractivity contribution is -0.118. The van der Waals surface area contributed by atoms with Crippen LogP contribution in [0, 0.1) is 0 Å². The van der Waals surface area contributed by atoms with E-state index in [4.69, 9.17) is 11.6 Å². The second-order valence-corrected chi connectivity index (χ2v) is 6.29. The van der Waals surface area contributed by atoms with E-state index in [0.29, 0.717) is 5.02 Å². The van der Waals surface area contributed by atoms with Crippen LogP contribution < -0.4 is 5.32 Å². The van der Waals surface area contributed by atoms with Gasteiger partial charge in [-0.1, -0.05) is 41.9 Å². The summed E-state index contributed by atoms with van der Waals surface area (Å²) < 4.78 is 0.779. The first-order valence-electron chi connectivity index (χ1n) is 6.44. The fourth-order valence-corrected chi connectivity index (χ4v) is 2.85. The van der Waals surface area contributed by atoms with Crippen LogP contribution in [0.1, 0.15) is 18.4 Å². The van der Waals surface area contributed by atoms with Gasteiger partial charge in [0.1, 0.15) is 0 Å². The molecular weight excluding hydrogens is 338 g/mol. The molecule has 0 aromatic heterocycles. The van der Waals surface area contributed by atoms with E-state index in [9.17, 15) is 4.79 Å². The molecule has 1 aliphatic carbocycles. The standard InChI is InChI=1S/C16H13BrClNO/c17-13-10-12(6-7-14(13)18)19-15(20)16(8-9-16)11-4-2-1-3-5-11/h1-7,10H,8-9H2,(H,19,20). The molecule has 0 aliphatic heterocycles. The molecule has 0 atom stereocenters. The molecule has 0 bridgehead atoms. The number of carbonyl (C=O) groups excluding carboxylic acids is 1. The van der Waals surface area contributed by atoms with Crippen molar-refractivity contribution in [2.24, 2.45) is 0 Å². The molecule has 0 spiro atoms. The molecule has 0 heterocycles. The van der Waals surface area contributed by atoms with Gasteiger partial charge in [0, 0.05) is 10.2 Å². The van der Waals surface area contributed by atoms with E-state index in [-0.39, 0.29) is 11.3 Å². The maximum Gasteiger partial charge on any atom is 0.235 e. The molecule has 1 fully saturated rings. The molecule has 2 aromatic carbocycles. The van der Waals surface area contributed by atoms with Crippen LogP contribution in [0.4, 0.5) is 5.69 Å². The third-order valence-electron chi connectivity index (χ3n) is 3.69. The van der Waals surface area contributed by atoms with E-state index in [1.54, 1.807) is 6.07 Å². The Bertz CT molecular complexity index is 653. The molecule has 20 heavy (non-hydrogen) atoms. The monoisotopic (exact) mass is 349 g/mol. The summed E-state index contributed by atoms with van der Waals surface area (Å²) in [6, 6.07) is 15.3. The van der Waals surface area contributed by atoms with Crippen molar-refractivity contribution in [1.82, 2.24) is 0 Å². The summed E-state index contributed by atoms with van der Waals surface area (Å²) >= 11 is 9.32. The van der Waals surface area contributed by atoms with Crippen molar-refractivity contribution in [2.45, 2.75) is 18.3 Å². The minimum absolute atomic E-state index is 0.0536. The molecule has 0 saturated heterocycles. The fourth-order valence-electron chi connectivity index (χ4n) is 2.35. The minimum atomic E-state index is -0.354. The predicted molar refractivity (Wildman–Crippen MR) is 85.1 cm³/mol. The average Bonchev–Trinajstić information content (AvgIpc) is 3.26. The smallest absolute Gasteiger partial charge is 0.235 e. The van der Waals surface area contributed by atoms with Gasteiger partial charge < -0.3 is 5.32 Å². The van der Waals surface area contributed by atoms with E-state index in [1.165, 1.54) is 0 Å². The highest BCUT2D eigenvalue weighted by Crippen LogP contribution is 2.49. The van der Waals surface area contributed by atoms with Crippen molar-refractivity contribution in [3.63, 3.8) is 0 Å². The number of halogens is 2. The lowest BCUT2D eigenvalue weighted by Crippen LogP contribution is -2.27. The maximum atomic E-state index is 12.5. The zero-order valence-corrected chi connectivity index (χ0v) is 13.0. The zero-order chi connectivity index (χ0) is 14.2. The highest BCUT2D eigenvalue weighted by Gasteiger charge is 2.51. The number of benzene rings is 2. The fraction of sp³-hybridized carbons (Fsp3) is 0.188. The van der Waals surface area contributed by atoms with Gasteiger partial charge in [-0.05, 0) is 52.5 Å². The summed E-state index contributed by atoms with van der Waals surface area (Å²) in [5, 5.41) is 3.62. The van der Waals surface area contributed by atoms with Crippen LogP contribution in [0.5, 0.6) is 0 Å². The van der Waals surface area contributed by atoms with Gasteiger partial charge in [0.25, 0.3) is 0 Å². The average molecular weight is 351 g/mol. The first kappa shape index (κ1) is 13.7. The number of amides is 1. The molecule has 2 nitrogen and oxygen atoms in total.